The van der Waals surface area contributed by atoms with Crippen molar-refractivity contribution in [2.75, 3.05) is 24.3 Å². The molecule has 0 aliphatic carbocycles. The van der Waals surface area contributed by atoms with E-state index in [1.165, 1.54) is 16.7 Å². The fourth-order valence-electron chi connectivity index (χ4n) is 2.75. The lowest BCUT2D eigenvalue weighted by Gasteiger charge is -2.13. The third kappa shape index (κ3) is 3.47. The van der Waals surface area contributed by atoms with Crippen molar-refractivity contribution in [2.45, 2.75) is 19.8 Å². The molecular weight excluding hydrogens is 319 g/mol. The van der Waals surface area contributed by atoms with E-state index in [0.29, 0.717) is 29.1 Å². The van der Waals surface area contributed by atoms with Crippen molar-refractivity contribution in [1.82, 2.24) is 9.38 Å². The van der Waals surface area contributed by atoms with E-state index in [2.05, 4.69) is 10.3 Å². The lowest BCUT2D eigenvalue weighted by molar-refractivity contribution is 0.102. The second kappa shape index (κ2) is 6.93. The second-order valence-electron chi connectivity index (χ2n) is 6.13. The minimum Gasteiger partial charge on any atom is -0.378 e. The van der Waals surface area contributed by atoms with Gasteiger partial charge in [0.05, 0.1) is 5.69 Å². The van der Waals surface area contributed by atoms with Crippen LogP contribution in [0.3, 0.4) is 0 Å². The third-order valence-electron chi connectivity index (χ3n) is 4.00. The number of fused-ring (bicyclic) bond motifs is 1. The molecule has 0 atom stereocenters. The number of benzene rings is 1. The van der Waals surface area contributed by atoms with Gasteiger partial charge in [-0.05, 0) is 42.8 Å². The number of pyridine rings is 1. The predicted molar refractivity (Wildman–Crippen MR) is 97.9 cm³/mol. The standard InChI is InChI=1S/C19H21FN4O/c1-4-5-16-18(24-12-13(20)6-11-17(24)22-16)19(25)21-14-7-9-15(10-8-14)23(2)3/h6-12H,4-5H2,1-3H3,(H,21,25). The van der Waals surface area contributed by atoms with Gasteiger partial charge in [0.25, 0.3) is 5.91 Å². The summed E-state index contributed by atoms with van der Waals surface area (Å²) in [7, 11) is 3.91. The number of rotatable bonds is 5. The number of carbonyl (C=O) groups is 1. The number of aromatic nitrogens is 2. The van der Waals surface area contributed by atoms with Crippen LogP contribution in [0.5, 0.6) is 0 Å². The van der Waals surface area contributed by atoms with E-state index in [-0.39, 0.29) is 5.91 Å². The first-order chi connectivity index (χ1) is 12.0. The summed E-state index contributed by atoms with van der Waals surface area (Å²) in [6.45, 7) is 2.02. The maximum absolute atomic E-state index is 13.6. The number of nitrogens with one attached hydrogen (secondary N) is 1. The van der Waals surface area contributed by atoms with E-state index in [1.54, 1.807) is 6.07 Å². The molecule has 1 amide bonds. The molecule has 0 bridgehead atoms. The van der Waals surface area contributed by atoms with Crippen molar-refractivity contribution in [3.8, 4) is 0 Å². The second-order valence-corrected chi connectivity index (χ2v) is 6.13. The van der Waals surface area contributed by atoms with Crippen LogP contribution < -0.4 is 10.2 Å². The minimum absolute atomic E-state index is 0.292. The van der Waals surface area contributed by atoms with E-state index in [0.717, 1.165) is 12.1 Å². The molecule has 5 nitrogen and oxygen atoms in total. The van der Waals surface area contributed by atoms with E-state index < -0.39 is 5.82 Å². The van der Waals surface area contributed by atoms with Crippen LogP contribution in [-0.4, -0.2) is 29.4 Å². The molecule has 130 valence electrons. The van der Waals surface area contributed by atoms with Gasteiger partial charge in [-0.3, -0.25) is 9.20 Å². The fourth-order valence-corrected chi connectivity index (χ4v) is 2.75. The van der Waals surface area contributed by atoms with Crippen molar-refractivity contribution >= 4 is 22.9 Å². The average molecular weight is 340 g/mol. The van der Waals surface area contributed by atoms with Gasteiger partial charge in [-0.25, -0.2) is 9.37 Å². The Morgan fingerprint density at radius 1 is 1.20 bits per heavy atom. The average Bonchev–Trinajstić information content (AvgIpc) is 2.93. The van der Waals surface area contributed by atoms with Gasteiger partial charge in [0.15, 0.2) is 0 Å². The van der Waals surface area contributed by atoms with Crippen LogP contribution in [0.25, 0.3) is 5.65 Å². The van der Waals surface area contributed by atoms with Crippen molar-refractivity contribution in [1.29, 1.82) is 0 Å². The summed E-state index contributed by atoms with van der Waals surface area (Å²) in [4.78, 5) is 19.3. The SMILES string of the molecule is CCCc1nc2ccc(F)cn2c1C(=O)Nc1ccc(N(C)C)cc1. The molecule has 2 heterocycles. The highest BCUT2D eigenvalue weighted by Gasteiger charge is 2.19. The van der Waals surface area contributed by atoms with Crippen molar-refractivity contribution in [3.05, 3.63) is 59.8 Å². The minimum atomic E-state index is -0.405. The van der Waals surface area contributed by atoms with Crippen LogP contribution in [0, 0.1) is 5.82 Å². The van der Waals surface area contributed by atoms with Crippen LogP contribution in [-0.2, 0) is 6.42 Å². The zero-order valence-electron chi connectivity index (χ0n) is 14.6. The van der Waals surface area contributed by atoms with Crippen molar-refractivity contribution in [3.63, 3.8) is 0 Å². The summed E-state index contributed by atoms with van der Waals surface area (Å²) < 4.78 is 15.2. The molecule has 0 spiro atoms. The largest absolute Gasteiger partial charge is 0.378 e. The number of anilines is 2. The van der Waals surface area contributed by atoms with E-state index in [9.17, 15) is 9.18 Å². The highest BCUT2D eigenvalue weighted by Crippen LogP contribution is 2.19. The Labute approximate surface area is 146 Å². The van der Waals surface area contributed by atoms with Gasteiger partial charge < -0.3 is 10.2 Å². The fraction of sp³-hybridized carbons (Fsp3) is 0.263. The highest BCUT2D eigenvalue weighted by molar-refractivity contribution is 6.04. The van der Waals surface area contributed by atoms with E-state index in [1.807, 2.05) is 50.2 Å². The molecule has 25 heavy (non-hydrogen) atoms. The Morgan fingerprint density at radius 2 is 1.92 bits per heavy atom. The zero-order chi connectivity index (χ0) is 18.0. The number of halogens is 1. The summed E-state index contributed by atoms with van der Waals surface area (Å²) in [5.74, 6) is -0.698. The summed E-state index contributed by atoms with van der Waals surface area (Å²) in [6.07, 6.45) is 2.81. The van der Waals surface area contributed by atoms with Gasteiger partial charge in [-0.2, -0.15) is 0 Å². The normalized spacial score (nSPS) is 10.9. The summed E-state index contributed by atoms with van der Waals surface area (Å²) in [5, 5.41) is 2.88. The van der Waals surface area contributed by atoms with Gasteiger partial charge in [-0.15, -0.1) is 0 Å². The molecule has 0 fully saturated rings. The Hall–Kier alpha value is -2.89. The van der Waals surface area contributed by atoms with Crippen molar-refractivity contribution in [2.24, 2.45) is 0 Å². The summed E-state index contributed by atoms with van der Waals surface area (Å²) >= 11 is 0. The van der Waals surface area contributed by atoms with Crippen LogP contribution in [0.15, 0.2) is 42.6 Å². The molecule has 1 N–H and O–H groups in total. The van der Waals surface area contributed by atoms with Gasteiger partial charge >= 0.3 is 0 Å². The molecule has 1 aromatic carbocycles. The summed E-state index contributed by atoms with van der Waals surface area (Å²) in [5.41, 5.74) is 3.35. The number of carbonyl (C=O) groups excluding carboxylic acids is 1. The first-order valence-electron chi connectivity index (χ1n) is 8.25. The van der Waals surface area contributed by atoms with Crippen LogP contribution in [0.1, 0.15) is 29.5 Å². The first-order valence-corrected chi connectivity index (χ1v) is 8.25. The molecule has 3 aromatic rings. The maximum atomic E-state index is 13.6. The molecule has 0 radical (unpaired) electrons. The third-order valence-corrected chi connectivity index (χ3v) is 4.00. The molecular formula is C19H21FN4O. The quantitative estimate of drug-likeness (QED) is 0.770. The molecule has 0 saturated carbocycles. The van der Waals surface area contributed by atoms with Crippen molar-refractivity contribution < 1.29 is 9.18 Å². The molecule has 3 rings (SSSR count). The van der Waals surface area contributed by atoms with Crippen LogP contribution in [0.2, 0.25) is 0 Å². The Kier molecular flexibility index (Phi) is 4.70. The van der Waals surface area contributed by atoms with Gasteiger partial charge in [0.2, 0.25) is 0 Å². The van der Waals surface area contributed by atoms with Crippen LogP contribution >= 0.6 is 0 Å². The molecule has 0 aliphatic rings. The van der Waals surface area contributed by atoms with E-state index in [4.69, 9.17) is 0 Å². The lowest BCUT2D eigenvalue weighted by atomic mass is 10.2. The molecule has 2 aromatic heterocycles. The number of aryl methyl sites for hydroxylation is 1. The highest BCUT2D eigenvalue weighted by atomic mass is 19.1. The number of imidazole rings is 1. The number of amides is 1. The molecule has 6 heteroatoms. The molecule has 0 aliphatic heterocycles. The maximum Gasteiger partial charge on any atom is 0.274 e. The number of hydrogen-bond donors (Lipinski definition) is 1. The topological polar surface area (TPSA) is 49.6 Å². The van der Waals surface area contributed by atoms with E-state index >= 15 is 0 Å². The van der Waals surface area contributed by atoms with Gasteiger partial charge in [0.1, 0.15) is 17.2 Å². The summed E-state index contributed by atoms with van der Waals surface area (Å²) in [6, 6.07) is 10.5. The lowest BCUT2D eigenvalue weighted by Crippen LogP contribution is -2.17. The smallest absolute Gasteiger partial charge is 0.274 e. The first kappa shape index (κ1) is 17.0. The van der Waals surface area contributed by atoms with Gasteiger partial charge in [-0.1, -0.05) is 13.3 Å². The number of nitrogens with zero attached hydrogens (tertiary/aromatic N) is 3. The monoisotopic (exact) mass is 340 g/mol. The van der Waals surface area contributed by atoms with Crippen LogP contribution in [0.4, 0.5) is 15.8 Å². The van der Waals surface area contributed by atoms with Gasteiger partial charge in [0, 0.05) is 31.7 Å². The Bertz CT molecular complexity index is 900. The Morgan fingerprint density at radius 3 is 2.56 bits per heavy atom. The zero-order valence-corrected chi connectivity index (χ0v) is 14.6. The number of hydrogen-bond acceptors (Lipinski definition) is 3. The predicted octanol–water partition coefficient (Wildman–Crippen LogP) is 3.74. The molecule has 0 saturated heterocycles. The molecule has 0 unspecified atom stereocenters. The Balaban J connectivity index is 1.95.